The van der Waals surface area contributed by atoms with Crippen molar-refractivity contribution in [3.8, 4) is 5.69 Å². The van der Waals surface area contributed by atoms with Crippen LogP contribution in [0.15, 0.2) is 65.9 Å². The summed E-state index contributed by atoms with van der Waals surface area (Å²) in [5.41, 5.74) is 3.50. The first kappa shape index (κ1) is 19.9. The average molecular weight is 462 g/mol. The minimum absolute atomic E-state index is 0. The van der Waals surface area contributed by atoms with Crippen molar-refractivity contribution in [2.75, 3.05) is 7.05 Å². The van der Waals surface area contributed by atoms with E-state index in [4.69, 9.17) is 0 Å². The second-order valence-electron chi connectivity index (χ2n) is 5.72. The number of aryl methyl sites for hydroxylation is 1. The summed E-state index contributed by atoms with van der Waals surface area (Å²) in [6.07, 6.45) is 1.72. The van der Waals surface area contributed by atoms with Gasteiger partial charge in [0, 0.05) is 19.3 Å². The Bertz CT molecular complexity index is 844. The third-order valence-electron chi connectivity index (χ3n) is 3.83. The van der Waals surface area contributed by atoms with E-state index in [0.29, 0.717) is 13.1 Å². The number of nitrogens with zero attached hydrogens (tertiary/aromatic N) is 4. The van der Waals surface area contributed by atoms with E-state index in [9.17, 15) is 0 Å². The van der Waals surface area contributed by atoms with E-state index in [0.717, 1.165) is 17.5 Å². The molecule has 0 bridgehead atoms. The van der Waals surface area contributed by atoms with Crippen LogP contribution in [0.25, 0.3) is 5.69 Å². The van der Waals surface area contributed by atoms with E-state index in [1.165, 1.54) is 11.1 Å². The van der Waals surface area contributed by atoms with Gasteiger partial charge in [-0.15, -0.1) is 34.2 Å². The number of halogens is 1. The zero-order chi connectivity index (χ0) is 17.5. The van der Waals surface area contributed by atoms with Gasteiger partial charge in [0.15, 0.2) is 11.8 Å². The maximum absolute atomic E-state index is 4.26. The number of hydrogen-bond donors (Lipinski definition) is 2. The van der Waals surface area contributed by atoms with E-state index in [-0.39, 0.29) is 24.0 Å². The number of aromatic nitrogens is 3. The molecule has 0 amide bonds. The molecule has 3 aromatic rings. The van der Waals surface area contributed by atoms with Crippen molar-refractivity contribution < 1.29 is 0 Å². The summed E-state index contributed by atoms with van der Waals surface area (Å²) in [5.74, 6) is 1.55. The van der Waals surface area contributed by atoms with Gasteiger partial charge in [0.05, 0.1) is 6.54 Å². The van der Waals surface area contributed by atoms with Crippen molar-refractivity contribution in [3.63, 3.8) is 0 Å². The molecule has 0 atom stereocenters. The van der Waals surface area contributed by atoms with Crippen molar-refractivity contribution in [3.05, 3.63) is 77.9 Å². The summed E-state index contributed by atoms with van der Waals surface area (Å²) < 4.78 is 1.96. The largest absolute Gasteiger partial charge is 0.352 e. The van der Waals surface area contributed by atoms with Gasteiger partial charge in [0.2, 0.25) is 0 Å². The molecule has 0 fully saturated rings. The van der Waals surface area contributed by atoms with Gasteiger partial charge in [0.1, 0.15) is 6.33 Å². The predicted molar refractivity (Wildman–Crippen MR) is 115 cm³/mol. The molecule has 0 spiro atoms. The molecule has 0 unspecified atom stereocenters. The first-order valence-electron chi connectivity index (χ1n) is 8.20. The number of guanidine groups is 1. The van der Waals surface area contributed by atoms with Gasteiger partial charge in [-0.1, -0.05) is 48.0 Å². The van der Waals surface area contributed by atoms with Crippen LogP contribution in [0, 0.1) is 6.92 Å². The summed E-state index contributed by atoms with van der Waals surface area (Å²) >= 11 is 0. The molecule has 0 aliphatic carbocycles. The van der Waals surface area contributed by atoms with Crippen molar-refractivity contribution in [2.45, 2.75) is 20.0 Å². The topological polar surface area (TPSA) is 67.1 Å². The molecule has 1 aromatic heterocycles. The number of aliphatic imine (C=N–C) groups is 1. The van der Waals surface area contributed by atoms with Gasteiger partial charge >= 0.3 is 0 Å². The lowest BCUT2D eigenvalue weighted by Gasteiger charge is -2.12. The highest BCUT2D eigenvalue weighted by Crippen LogP contribution is 2.08. The molecule has 0 aliphatic heterocycles. The molecule has 0 saturated carbocycles. The molecule has 0 saturated heterocycles. The van der Waals surface area contributed by atoms with Gasteiger partial charge in [-0.3, -0.25) is 9.56 Å². The van der Waals surface area contributed by atoms with Crippen molar-refractivity contribution in [1.29, 1.82) is 0 Å². The maximum Gasteiger partial charge on any atom is 0.191 e. The second-order valence-corrected chi connectivity index (χ2v) is 5.72. The lowest BCUT2D eigenvalue weighted by molar-refractivity contribution is 0.754. The first-order valence-corrected chi connectivity index (χ1v) is 8.20. The summed E-state index contributed by atoms with van der Waals surface area (Å²) in [6, 6.07) is 18.4. The highest BCUT2D eigenvalue weighted by Gasteiger charge is 2.07. The van der Waals surface area contributed by atoms with E-state index in [1.54, 1.807) is 13.4 Å². The second kappa shape index (κ2) is 9.91. The monoisotopic (exact) mass is 462 g/mol. The Kier molecular flexibility index (Phi) is 7.58. The minimum atomic E-state index is 0. The number of hydrogen-bond acceptors (Lipinski definition) is 3. The Hall–Kier alpha value is -2.42. The van der Waals surface area contributed by atoms with Crippen molar-refractivity contribution >= 4 is 29.9 Å². The summed E-state index contributed by atoms with van der Waals surface area (Å²) in [7, 11) is 1.76. The molecular weight excluding hydrogens is 439 g/mol. The van der Waals surface area contributed by atoms with Crippen LogP contribution in [-0.4, -0.2) is 27.8 Å². The first-order chi connectivity index (χ1) is 12.3. The number of para-hydroxylation sites is 1. The number of benzene rings is 2. The van der Waals surface area contributed by atoms with E-state index >= 15 is 0 Å². The highest BCUT2D eigenvalue weighted by atomic mass is 127. The standard InChI is InChI=1S/C19H22N6.HI/c1-15-7-6-8-16(11-15)12-21-19(20-2)22-13-18-24-23-14-25(18)17-9-4-3-5-10-17;/h3-11,14H,12-13H2,1-2H3,(H2,20,21,22);1H. The van der Waals surface area contributed by atoms with Crippen LogP contribution in [0.3, 0.4) is 0 Å². The fourth-order valence-corrected chi connectivity index (χ4v) is 2.58. The Balaban J connectivity index is 0.00000243. The maximum atomic E-state index is 4.26. The Morgan fingerprint density at radius 3 is 2.54 bits per heavy atom. The van der Waals surface area contributed by atoms with Crippen molar-refractivity contribution in [2.24, 2.45) is 4.99 Å². The van der Waals surface area contributed by atoms with Crippen LogP contribution in [0.5, 0.6) is 0 Å². The zero-order valence-electron chi connectivity index (χ0n) is 14.9. The molecule has 0 aliphatic rings. The van der Waals surface area contributed by atoms with Crippen LogP contribution in [0.1, 0.15) is 17.0 Å². The fraction of sp³-hybridized carbons (Fsp3) is 0.211. The summed E-state index contributed by atoms with van der Waals surface area (Å²) in [6.45, 7) is 3.34. The van der Waals surface area contributed by atoms with Crippen LogP contribution in [0.4, 0.5) is 0 Å². The van der Waals surface area contributed by atoms with Gasteiger partial charge in [0.25, 0.3) is 0 Å². The SMILES string of the molecule is CN=C(NCc1cccc(C)c1)NCc1nncn1-c1ccccc1.I. The van der Waals surface area contributed by atoms with Crippen LogP contribution >= 0.6 is 24.0 Å². The van der Waals surface area contributed by atoms with Gasteiger partial charge < -0.3 is 10.6 Å². The fourth-order valence-electron chi connectivity index (χ4n) is 2.58. The number of rotatable bonds is 5. The normalized spacial score (nSPS) is 10.9. The highest BCUT2D eigenvalue weighted by molar-refractivity contribution is 14.0. The Labute approximate surface area is 170 Å². The minimum Gasteiger partial charge on any atom is -0.352 e. The van der Waals surface area contributed by atoms with Gasteiger partial charge in [-0.2, -0.15) is 0 Å². The lowest BCUT2D eigenvalue weighted by atomic mass is 10.1. The predicted octanol–water partition coefficient (Wildman–Crippen LogP) is 3.06. The molecule has 6 nitrogen and oxygen atoms in total. The average Bonchev–Trinajstić information content (AvgIpc) is 3.11. The van der Waals surface area contributed by atoms with Crippen LogP contribution in [0.2, 0.25) is 0 Å². The Morgan fingerprint density at radius 2 is 1.81 bits per heavy atom. The van der Waals surface area contributed by atoms with E-state index < -0.39 is 0 Å². The third kappa shape index (κ3) is 5.29. The molecule has 1 heterocycles. The molecule has 3 rings (SSSR count). The molecular formula is C19H23IN6. The molecule has 2 aromatic carbocycles. The van der Waals surface area contributed by atoms with Crippen LogP contribution in [-0.2, 0) is 13.1 Å². The summed E-state index contributed by atoms with van der Waals surface area (Å²) in [4.78, 5) is 4.26. The van der Waals surface area contributed by atoms with Crippen molar-refractivity contribution in [1.82, 2.24) is 25.4 Å². The third-order valence-corrected chi connectivity index (χ3v) is 3.83. The van der Waals surface area contributed by atoms with Crippen LogP contribution < -0.4 is 10.6 Å². The molecule has 136 valence electrons. The quantitative estimate of drug-likeness (QED) is 0.348. The number of nitrogens with one attached hydrogen (secondary N) is 2. The van der Waals surface area contributed by atoms with Gasteiger partial charge in [-0.25, -0.2) is 0 Å². The van der Waals surface area contributed by atoms with E-state index in [2.05, 4.69) is 57.0 Å². The Morgan fingerprint density at radius 1 is 1.04 bits per heavy atom. The smallest absolute Gasteiger partial charge is 0.191 e. The molecule has 2 N–H and O–H groups in total. The lowest BCUT2D eigenvalue weighted by Crippen LogP contribution is -2.36. The summed E-state index contributed by atoms with van der Waals surface area (Å²) in [5, 5.41) is 14.8. The zero-order valence-corrected chi connectivity index (χ0v) is 17.2. The molecule has 26 heavy (non-hydrogen) atoms. The van der Waals surface area contributed by atoms with E-state index in [1.807, 2.05) is 34.9 Å². The molecule has 7 heteroatoms. The van der Waals surface area contributed by atoms with Gasteiger partial charge in [-0.05, 0) is 24.6 Å². The molecule has 0 radical (unpaired) electrons.